The Hall–Kier alpha value is -1.82. The molecule has 1 aromatic heterocycles. The van der Waals surface area contributed by atoms with E-state index < -0.39 is 5.60 Å². The van der Waals surface area contributed by atoms with Crippen molar-refractivity contribution in [3.8, 4) is 0 Å². The van der Waals surface area contributed by atoms with Crippen molar-refractivity contribution in [2.75, 3.05) is 13.1 Å². The summed E-state index contributed by atoms with van der Waals surface area (Å²) in [5.74, 6) is 0.982. The van der Waals surface area contributed by atoms with E-state index in [0.717, 1.165) is 31.4 Å². The Kier molecular flexibility index (Phi) is 4.91. The highest BCUT2D eigenvalue weighted by atomic mass is 16.3. The first-order valence-corrected chi connectivity index (χ1v) is 9.15. The van der Waals surface area contributed by atoms with Crippen molar-refractivity contribution in [3.05, 3.63) is 23.2 Å². The Morgan fingerprint density at radius 3 is 2.68 bits per heavy atom. The lowest BCUT2D eigenvalue weighted by molar-refractivity contribution is -0.130. The lowest BCUT2D eigenvalue weighted by atomic mass is 9.96. The third-order valence-electron chi connectivity index (χ3n) is 5.52. The molecule has 0 aromatic carbocycles. The molecule has 2 unspecified atom stereocenters. The van der Waals surface area contributed by atoms with Crippen LogP contribution in [0.4, 0.5) is 0 Å². The summed E-state index contributed by atoms with van der Waals surface area (Å²) >= 11 is 0. The number of likely N-dealkylation sites (tertiary alicyclic amines) is 1. The highest BCUT2D eigenvalue weighted by molar-refractivity contribution is 5.89. The topological polar surface area (TPSA) is 82.8 Å². The number of aliphatic hydroxyl groups is 1. The molecule has 138 valence electrons. The zero-order chi connectivity index (χ0) is 18.2. The zero-order valence-corrected chi connectivity index (χ0v) is 15.3. The lowest BCUT2D eigenvalue weighted by Crippen LogP contribution is -2.42. The molecule has 0 spiro atoms. The van der Waals surface area contributed by atoms with Gasteiger partial charge in [-0.3, -0.25) is 9.59 Å². The van der Waals surface area contributed by atoms with Crippen LogP contribution in [-0.2, 0) is 15.2 Å². The lowest BCUT2D eigenvalue weighted by Gasteiger charge is -2.25. The predicted octanol–water partition coefficient (Wildman–Crippen LogP) is 2.01. The maximum Gasteiger partial charge on any atom is 0.225 e. The van der Waals surface area contributed by atoms with Crippen molar-refractivity contribution in [3.63, 3.8) is 0 Å². The van der Waals surface area contributed by atoms with Crippen molar-refractivity contribution in [2.24, 2.45) is 5.92 Å². The molecule has 2 atom stereocenters. The van der Waals surface area contributed by atoms with E-state index in [1.807, 2.05) is 11.8 Å². The standard InChI is InChI=1S/C19H28N2O4/c1-12-8-16(13(2)25-12)19(3,24)11-20-18(23)14-9-17(22)21(10-14)15-6-4-5-7-15/h8,14-15,24H,4-7,9-11H2,1-3H3,(H,20,23). The van der Waals surface area contributed by atoms with Crippen LogP contribution in [0.5, 0.6) is 0 Å². The van der Waals surface area contributed by atoms with E-state index in [1.54, 1.807) is 19.9 Å². The third kappa shape index (κ3) is 3.73. The molecule has 0 radical (unpaired) electrons. The Morgan fingerprint density at radius 2 is 2.08 bits per heavy atom. The number of hydrogen-bond donors (Lipinski definition) is 2. The van der Waals surface area contributed by atoms with Gasteiger partial charge in [0.15, 0.2) is 0 Å². The second kappa shape index (κ2) is 6.83. The molecule has 1 aromatic rings. The van der Waals surface area contributed by atoms with E-state index in [-0.39, 0.29) is 30.7 Å². The molecular formula is C19H28N2O4. The van der Waals surface area contributed by atoms with Crippen LogP contribution in [0, 0.1) is 19.8 Å². The number of furan rings is 1. The van der Waals surface area contributed by atoms with Crippen LogP contribution in [0.1, 0.15) is 56.1 Å². The van der Waals surface area contributed by atoms with Gasteiger partial charge < -0.3 is 19.7 Å². The molecule has 2 aliphatic rings. The van der Waals surface area contributed by atoms with Crippen molar-refractivity contribution in [1.29, 1.82) is 0 Å². The number of hydrogen-bond acceptors (Lipinski definition) is 4. The van der Waals surface area contributed by atoms with Gasteiger partial charge in [0.05, 0.1) is 12.5 Å². The molecule has 6 nitrogen and oxygen atoms in total. The van der Waals surface area contributed by atoms with Gasteiger partial charge in [0.25, 0.3) is 0 Å². The highest BCUT2D eigenvalue weighted by Gasteiger charge is 2.39. The van der Waals surface area contributed by atoms with Crippen LogP contribution in [0.2, 0.25) is 0 Å². The first-order chi connectivity index (χ1) is 11.8. The summed E-state index contributed by atoms with van der Waals surface area (Å²) < 4.78 is 5.47. The second-order valence-electron chi connectivity index (χ2n) is 7.70. The predicted molar refractivity (Wildman–Crippen MR) is 92.8 cm³/mol. The number of carbonyl (C=O) groups excluding carboxylic acids is 2. The van der Waals surface area contributed by atoms with E-state index in [1.165, 1.54) is 0 Å². The normalized spacial score (nSPS) is 23.9. The van der Waals surface area contributed by atoms with E-state index in [0.29, 0.717) is 23.9 Å². The summed E-state index contributed by atoms with van der Waals surface area (Å²) in [6.07, 6.45) is 4.70. The quantitative estimate of drug-likeness (QED) is 0.853. The number of nitrogens with one attached hydrogen (secondary N) is 1. The van der Waals surface area contributed by atoms with E-state index >= 15 is 0 Å². The van der Waals surface area contributed by atoms with Crippen LogP contribution in [0.25, 0.3) is 0 Å². The second-order valence-corrected chi connectivity index (χ2v) is 7.70. The molecule has 1 aliphatic carbocycles. The minimum atomic E-state index is -1.20. The first-order valence-electron chi connectivity index (χ1n) is 9.15. The van der Waals surface area contributed by atoms with Gasteiger partial charge in [0, 0.05) is 24.6 Å². The average molecular weight is 348 g/mol. The fourth-order valence-corrected chi connectivity index (χ4v) is 4.14. The largest absolute Gasteiger partial charge is 0.466 e. The summed E-state index contributed by atoms with van der Waals surface area (Å²) in [4.78, 5) is 26.6. The van der Waals surface area contributed by atoms with Crippen molar-refractivity contribution in [2.45, 2.75) is 64.5 Å². The Bertz CT molecular complexity index is 658. The van der Waals surface area contributed by atoms with Crippen LogP contribution in [0.15, 0.2) is 10.5 Å². The van der Waals surface area contributed by atoms with Gasteiger partial charge in [0.1, 0.15) is 17.1 Å². The Balaban J connectivity index is 1.57. The minimum Gasteiger partial charge on any atom is -0.466 e. The van der Waals surface area contributed by atoms with Gasteiger partial charge in [-0.1, -0.05) is 12.8 Å². The van der Waals surface area contributed by atoms with E-state index in [9.17, 15) is 14.7 Å². The SMILES string of the molecule is Cc1cc(C(C)(O)CNC(=O)C2CC(=O)N(C3CCCC3)C2)c(C)o1. The number of amides is 2. The average Bonchev–Trinajstić information content (AvgIpc) is 3.25. The molecule has 0 bridgehead atoms. The molecule has 1 saturated carbocycles. The van der Waals surface area contributed by atoms with Gasteiger partial charge in [-0.25, -0.2) is 0 Å². The van der Waals surface area contributed by atoms with Crippen molar-refractivity contribution in [1.82, 2.24) is 10.2 Å². The molecule has 2 heterocycles. The summed E-state index contributed by atoms with van der Waals surface area (Å²) in [6.45, 7) is 5.89. The fourth-order valence-electron chi connectivity index (χ4n) is 4.14. The highest BCUT2D eigenvalue weighted by Crippen LogP contribution is 2.30. The molecule has 1 aliphatic heterocycles. The van der Waals surface area contributed by atoms with Crippen molar-refractivity contribution < 1.29 is 19.1 Å². The smallest absolute Gasteiger partial charge is 0.225 e. The Labute approximate surface area is 148 Å². The van der Waals surface area contributed by atoms with Gasteiger partial charge in [-0.2, -0.15) is 0 Å². The summed E-state index contributed by atoms with van der Waals surface area (Å²) in [5, 5.41) is 13.5. The molecule has 1 saturated heterocycles. The molecular weight excluding hydrogens is 320 g/mol. The number of rotatable bonds is 5. The molecule has 6 heteroatoms. The minimum absolute atomic E-state index is 0.0834. The van der Waals surface area contributed by atoms with Crippen LogP contribution in [0.3, 0.4) is 0 Å². The van der Waals surface area contributed by atoms with Crippen LogP contribution < -0.4 is 5.32 Å². The molecule has 25 heavy (non-hydrogen) atoms. The zero-order valence-electron chi connectivity index (χ0n) is 15.3. The van der Waals surface area contributed by atoms with Crippen molar-refractivity contribution >= 4 is 11.8 Å². The van der Waals surface area contributed by atoms with Gasteiger partial charge in [-0.05, 0) is 39.7 Å². The summed E-state index contributed by atoms with van der Waals surface area (Å²) in [5.41, 5.74) is -0.522. The van der Waals surface area contributed by atoms with E-state index in [2.05, 4.69) is 5.32 Å². The molecule has 2 N–H and O–H groups in total. The maximum atomic E-state index is 12.5. The summed E-state index contributed by atoms with van der Waals surface area (Å²) in [6, 6.07) is 2.10. The number of carbonyl (C=O) groups is 2. The number of aryl methyl sites for hydroxylation is 2. The first kappa shape index (κ1) is 18.0. The molecule has 3 rings (SSSR count). The molecule has 2 amide bonds. The maximum absolute atomic E-state index is 12.5. The van der Waals surface area contributed by atoms with Crippen LogP contribution >= 0.6 is 0 Å². The Morgan fingerprint density at radius 1 is 1.40 bits per heavy atom. The van der Waals surface area contributed by atoms with Gasteiger partial charge in [-0.15, -0.1) is 0 Å². The van der Waals surface area contributed by atoms with Gasteiger partial charge in [0.2, 0.25) is 11.8 Å². The summed E-state index contributed by atoms with van der Waals surface area (Å²) in [7, 11) is 0. The third-order valence-corrected chi connectivity index (χ3v) is 5.52. The van der Waals surface area contributed by atoms with Crippen LogP contribution in [-0.4, -0.2) is 41.0 Å². The fraction of sp³-hybridized carbons (Fsp3) is 0.684. The van der Waals surface area contributed by atoms with E-state index in [4.69, 9.17) is 4.42 Å². The van der Waals surface area contributed by atoms with Gasteiger partial charge >= 0.3 is 0 Å². The molecule has 2 fully saturated rings. The monoisotopic (exact) mass is 348 g/mol. The number of nitrogens with zero attached hydrogens (tertiary/aromatic N) is 1.